The highest BCUT2D eigenvalue weighted by molar-refractivity contribution is 5.66. The van der Waals surface area contributed by atoms with Gasteiger partial charge >= 0.3 is 5.97 Å². The molecule has 0 aliphatic carbocycles. The number of rotatable bonds is 9. The zero-order valence-corrected chi connectivity index (χ0v) is 7.70. The van der Waals surface area contributed by atoms with Crippen LogP contribution in [0.1, 0.15) is 38.5 Å². The van der Waals surface area contributed by atoms with E-state index >= 15 is 0 Å². The quantitative estimate of drug-likeness (QED) is 0.325. The van der Waals surface area contributed by atoms with Gasteiger partial charge in [-0.15, -0.1) is 4.99 Å². The fourth-order valence-electron chi connectivity index (χ4n) is 1.02. The lowest BCUT2D eigenvalue weighted by Crippen LogP contribution is -2.01. The van der Waals surface area contributed by atoms with E-state index in [9.17, 15) is 4.79 Å². The molecule has 0 unspecified atom stereocenters. The Kier molecular flexibility index (Phi) is 8.97. The first-order valence-corrected chi connectivity index (χ1v) is 4.47. The van der Waals surface area contributed by atoms with Gasteiger partial charge in [0.05, 0.1) is 6.61 Å². The molecule has 0 spiro atoms. The van der Waals surface area contributed by atoms with Crippen molar-refractivity contribution in [3.05, 3.63) is 0 Å². The molecule has 0 atom stereocenters. The Morgan fingerprint density at radius 3 is 2.38 bits per heavy atom. The molecule has 0 saturated heterocycles. The first kappa shape index (κ1) is 12.3. The molecule has 78 valence electrons. The summed E-state index contributed by atoms with van der Waals surface area (Å²) in [5.41, 5.74) is 0. The predicted molar refractivity (Wildman–Crippen MR) is 46.6 cm³/mol. The van der Waals surface area contributed by atoms with Crippen LogP contribution in [0.5, 0.6) is 0 Å². The number of carboxylic acid groups (broad SMARTS) is 1. The fraction of sp³-hybridized carbons (Fsp3) is 0.875. The average Bonchev–Trinajstić information content (AvgIpc) is 2.09. The number of aliphatic carboxylic acids is 1. The van der Waals surface area contributed by atoms with E-state index in [0.29, 0.717) is 6.61 Å². The summed E-state index contributed by atoms with van der Waals surface area (Å²) in [5.74, 6) is 3.91. The van der Waals surface area contributed by atoms with E-state index in [0.717, 1.165) is 32.1 Å². The number of unbranched alkanes of at least 4 members (excludes halogenated alkanes) is 4. The van der Waals surface area contributed by atoms with E-state index < -0.39 is 5.97 Å². The second-order valence-corrected chi connectivity index (χ2v) is 2.83. The second kappa shape index (κ2) is 9.44. The molecule has 5 nitrogen and oxygen atoms in total. The molecular formula is C8H17NO4. The zero-order valence-electron chi connectivity index (χ0n) is 7.70. The van der Waals surface area contributed by atoms with Gasteiger partial charge in [0.2, 0.25) is 0 Å². The van der Waals surface area contributed by atoms with Crippen LogP contribution in [0.4, 0.5) is 0 Å². The lowest BCUT2D eigenvalue weighted by Gasteiger charge is -1.99. The van der Waals surface area contributed by atoms with Crippen LogP contribution in [-0.2, 0) is 14.7 Å². The van der Waals surface area contributed by atoms with Gasteiger partial charge in [0, 0.05) is 6.42 Å². The fourth-order valence-corrected chi connectivity index (χ4v) is 1.02. The molecule has 0 aromatic carbocycles. The van der Waals surface area contributed by atoms with E-state index in [1.54, 1.807) is 0 Å². The predicted octanol–water partition coefficient (Wildman–Crippen LogP) is 1.23. The molecule has 0 aliphatic rings. The van der Waals surface area contributed by atoms with E-state index in [4.69, 9.17) is 5.11 Å². The minimum atomic E-state index is -0.722. The Balaban J connectivity index is 2.87. The summed E-state index contributed by atoms with van der Waals surface area (Å²) in [6.07, 6.45) is 4.91. The van der Waals surface area contributed by atoms with Gasteiger partial charge in [-0.05, 0) is 12.8 Å². The van der Waals surface area contributed by atoms with Crippen molar-refractivity contribution in [2.24, 2.45) is 5.90 Å². The average molecular weight is 191 g/mol. The van der Waals surface area contributed by atoms with Crippen molar-refractivity contribution in [3.63, 3.8) is 0 Å². The third-order valence-electron chi connectivity index (χ3n) is 1.69. The smallest absolute Gasteiger partial charge is 0.303 e. The third kappa shape index (κ3) is 11.3. The van der Waals surface area contributed by atoms with Crippen LogP contribution in [-0.4, -0.2) is 17.7 Å². The normalized spacial score (nSPS) is 10.2. The van der Waals surface area contributed by atoms with E-state index in [1.165, 1.54) is 0 Å². The lowest BCUT2D eigenvalue weighted by molar-refractivity contribution is -0.299. The van der Waals surface area contributed by atoms with E-state index in [1.807, 2.05) is 0 Å². The summed E-state index contributed by atoms with van der Waals surface area (Å²) in [4.78, 5) is 18.5. The van der Waals surface area contributed by atoms with Crippen molar-refractivity contribution < 1.29 is 19.8 Å². The second-order valence-electron chi connectivity index (χ2n) is 2.83. The molecule has 0 fully saturated rings. The van der Waals surface area contributed by atoms with Crippen LogP contribution < -0.4 is 5.90 Å². The molecule has 0 rings (SSSR count). The van der Waals surface area contributed by atoms with Gasteiger partial charge in [-0.3, -0.25) is 4.79 Å². The van der Waals surface area contributed by atoms with Gasteiger partial charge < -0.3 is 5.11 Å². The first-order valence-electron chi connectivity index (χ1n) is 4.47. The van der Waals surface area contributed by atoms with Crippen LogP contribution in [0.15, 0.2) is 0 Å². The van der Waals surface area contributed by atoms with Crippen LogP contribution in [0, 0.1) is 0 Å². The highest BCUT2D eigenvalue weighted by Crippen LogP contribution is 2.05. The summed E-state index contributed by atoms with van der Waals surface area (Å²) in [6.45, 7) is 0.495. The molecule has 0 saturated carbocycles. The number of hydrogen-bond acceptors (Lipinski definition) is 4. The summed E-state index contributed by atoms with van der Waals surface area (Å²) >= 11 is 0. The first-order chi connectivity index (χ1) is 6.27. The maximum Gasteiger partial charge on any atom is 0.303 e. The molecule has 3 N–H and O–H groups in total. The molecule has 0 aliphatic heterocycles. The minimum absolute atomic E-state index is 0.266. The topological polar surface area (TPSA) is 81.8 Å². The number of carboxylic acids is 1. The number of carbonyl (C=O) groups is 1. The molecule has 0 aromatic rings. The van der Waals surface area contributed by atoms with E-state index in [-0.39, 0.29) is 6.42 Å². The molecule has 0 radical (unpaired) electrons. The van der Waals surface area contributed by atoms with Crippen LogP contribution in [0.2, 0.25) is 0 Å². The van der Waals surface area contributed by atoms with Gasteiger partial charge in [0.1, 0.15) is 0 Å². The zero-order chi connectivity index (χ0) is 9.94. The van der Waals surface area contributed by atoms with Crippen molar-refractivity contribution in [3.8, 4) is 0 Å². The van der Waals surface area contributed by atoms with Gasteiger partial charge in [-0.1, -0.05) is 19.3 Å². The van der Waals surface area contributed by atoms with E-state index in [2.05, 4.69) is 15.8 Å². The van der Waals surface area contributed by atoms with Gasteiger partial charge in [-0.25, -0.2) is 4.89 Å². The van der Waals surface area contributed by atoms with Crippen LogP contribution in [0.25, 0.3) is 0 Å². The molecule has 13 heavy (non-hydrogen) atoms. The Morgan fingerprint density at radius 2 is 1.77 bits per heavy atom. The van der Waals surface area contributed by atoms with Crippen molar-refractivity contribution in [1.82, 2.24) is 0 Å². The van der Waals surface area contributed by atoms with Gasteiger partial charge in [0.25, 0.3) is 0 Å². The van der Waals surface area contributed by atoms with Crippen molar-refractivity contribution in [2.75, 3.05) is 6.61 Å². The van der Waals surface area contributed by atoms with Crippen molar-refractivity contribution >= 4 is 5.97 Å². The van der Waals surface area contributed by atoms with Crippen LogP contribution in [0.3, 0.4) is 0 Å². The number of hydrogen-bond donors (Lipinski definition) is 2. The summed E-state index contributed by atoms with van der Waals surface area (Å²) < 4.78 is 0. The minimum Gasteiger partial charge on any atom is -0.481 e. The Bertz CT molecular complexity index is 129. The van der Waals surface area contributed by atoms with Crippen molar-refractivity contribution in [2.45, 2.75) is 38.5 Å². The Morgan fingerprint density at radius 1 is 1.15 bits per heavy atom. The maximum absolute atomic E-state index is 10.1. The molecule has 0 aromatic heterocycles. The summed E-state index contributed by atoms with van der Waals surface area (Å²) in [6, 6.07) is 0. The van der Waals surface area contributed by atoms with Crippen molar-refractivity contribution in [1.29, 1.82) is 0 Å². The Hall–Kier alpha value is -0.650. The van der Waals surface area contributed by atoms with Crippen LogP contribution >= 0.6 is 0 Å². The lowest BCUT2D eigenvalue weighted by atomic mass is 10.1. The molecule has 5 heteroatoms. The van der Waals surface area contributed by atoms with Gasteiger partial charge in [-0.2, -0.15) is 5.90 Å². The maximum atomic E-state index is 10.1. The monoisotopic (exact) mass is 191 g/mol. The highest BCUT2D eigenvalue weighted by atomic mass is 17.3. The standard InChI is InChI=1S/C8H17NO4/c9-13-12-7-5-3-1-2-4-6-8(10)11/h1-7,9H2,(H,10,11). The molecule has 0 amide bonds. The molecular weight excluding hydrogens is 174 g/mol. The summed E-state index contributed by atoms with van der Waals surface area (Å²) in [7, 11) is 0. The SMILES string of the molecule is NOOCCCCCCCC(=O)O. The highest BCUT2D eigenvalue weighted by Gasteiger charge is 1.96. The number of nitrogens with two attached hydrogens (primary N) is 1. The summed E-state index contributed by atoms with van der Waals surface area (Å²) in [5, 5.41) is 8.34. The third-order valence-corrected chi connectivity index (χ3v) is 1.69. The molecule has 0 heterocycles. The molecule has 0 bridgehead atoms. The van der Waals surface area contributed by atoms with Gasteiger partial charge in [0.15, 0.2) is 0 Å². The largest absolute Gasteiger partial charge is 0.481 e. The Labute approximate surface area is 77.7 Å².